The van der Waals surface area contributed by atoms with E-state index in [9.17, 15) is 9.59 Å². The van der Waals surface area contributed by atoms with Crippen LogP contribution in [0.2, 0.25) is 0 Å². The minimum Gasteiger partial charge on any atom is -0.463 e. The van der Waals surface area contributed by atoms with Crippen molar-refractivity contribution >= 4 is 12.1 Å². The molecule has 0 aromatic carbocycles. The normalized spacial score (nSPS) is 16.1. The highest BCUT2D eigenvalue weighted by molar-refractivity contribution is 5.82. The van der Waals surface area contributed by atoms with Crippen molar-refractivity contribution in [2.75, 3.05) is 26.3 Å². The van der Waals surface area contributed by atoms with E-state index < -0.39 is 0 Å². The molecule has 0 unspecified atom stereocenters. The van der Waals surface area contributed by atoms with Gasteiger partial charge in [-0.1, -0.05) is 6.08 Å². The monoisotopic (exact) mass is 199 g/mol. The van der Waals surface area contributed by atoms with Crippen LogP contribution >= 0.6 is 0 Å². The largest absolute Gasteiger partial charge is 0.463 e. The van der Waals surface area contributed by atoms with E-state index in [-0.39, 0.29) is 12.1 Å². The Labute approximate surface area is 82.3 Å². The molecule has 0 radical (unpaired) electrons. The third-order valence-electron chi connectivity index (χ3n) is 1.71. The summed E-state index contributed by atoms with van der Waals surface area (Å²) in [5.41, 5.74) is 0. The van der Waals surface area contributed by atoms with E-state index in [1.165, 1.54) is 11.0 Å². The maximum Gasteiger partial charge on any atom is 0.410 e. The molecule has 0 aromatic rings. The van der Waals surface area contributed by atoms with Crippen molar-refractivity contribution in [3.05, 3.63) is 12.2 Å². The van der Waals surface area contributed by atoms with Crippen molar-refractivity contribution < 1.29 is 19.1 Å². The van der Waals surface area contributed by atoms with E-state index >= 15 is 0 Å². The van der Waals surface area contributed by atoms with Gasteiger partial charge >= 0.3 is 12.1 Å². The molecule has 5 heteroatoms. The van der Waals surface area contributed by atoms with Crippen molar-refractivity contribution in [3.8, 4) is 0 Å². The Morgan fingerprint density at radius 2 is 2.50 bits per heavy atom. The Hall–Kier alpha value is -1.52. The molecule has 14 heavy (non-hydrogen) atoms. The quantitative estimate of drug-likeness (QED) is 0.490. The summed E-state index contributed by atoms with van der Waals surface area (Å²) in [6.07, 6.45) is 2.57. The van der Waals surface area contributed by atoms with Gasteiger partial charge in [0.1, 0.15) is 6.61 Å². The number of nitrogens with zero attached hydrogens (tertiary/aromatic N) is 1. The number of ether oxygens (including phenoxy) is 2. The summed E-state index contributed by atoms with van der Waals surface area (Å²) >= 11 is 0. The molecule has 1 aliphatic heterocycles. The molecule has 5 nitrogen and oxygen atoms in total. The first-order valence-corrected chi connectivity index (χ1v) is 4.49. The topological polar surface area (TPSA) is 55.8 Å². The van der Waals surface area contributed by atoms with E-state index in [2.05, 4.69) is 4.74 Å². The van der Waals surface area contributed by atoms with Crippen LogP contribution in [0.5, 0.6) is 0 Å². The standard InChI is InChI=1S/C9H13NO4/c1-2-13-8(11)4-3-5-10-6-7-14-9(10)12/h3-4H,2,5-7H2,1H3/b4-3+. The third kappa shape index (κ3) is 3.08. The van der Waals surface area contributed by atoms with Gasteiger partial charge in [-0.3, -0.25) is 0 Å². The van der Waals surface area contributed by atoms with E-state index in [0.717, 1.165) is 0 Å². The fraction of sp³-hybridized carbons (Fsp3) is 0.556. The summed E-state index contributed by atoms with van der Waals surface area (Å²) in [6, 6.07) is 0. The fourth-order valence-corrected chi connectivity index (χ4v) is 1.06. The zero-order chi connectivity index (χ0) is 10.4. The Kier molecular flexibility index (Phi) is 3.97. The average Bonchev–Trinajstić information content (AvgIpc) is 2.52. The van der Waals surface area contributed by atoms with Crippen LogP contribution in [0.15, 0.2) is 12.2 Å². The molecular formula is C9H13NO4. The van der Waals surface area contributed by atoms with Crippen LogP contribution in [-0.2, 0) is 14.3 Å². The highest BCUT2D eigenvalue weighted by Crippen LogP contribution is 2.02. The molecule has 78 valence electrons. The first-order chi connectivity index (χ1) is 6.74. The van der Waals surface area contributed by atoms with E-state index in [0.29, 0.717) is 26.3 Å². The molecule has 1 aliphatic rings. The maximum atomic E-state index is 10.9. The van der Waals surface area contributed by atoms with E-state index in [4.69, 9.17) is 4.74 Å². The number of hydrogen-bond acceptors (Lipinski definition) is 4. The number of esters is 1. The first-order valence-electron chi connectivity index (χ1n) is 4.49. The van der Waals surface area contributed by atoms with Crippen molar-refractivity contribution in [2.24, 2.45) is 0 Å². The molecule has 0 aliphatic carbocycles. The maximum absolute atomic E-state index is 10.9. The lowest BCUT2D eigenvalue weighted by molar-refractivity contribution is -0.137. The summed E-state index contributed by atoms with van der Waals surface area (Å²) in [5, 5.41) is 0. The van der Waals surface area contributed by atoms with Gasteiger partial charge in [-0.05, 0) is 6.92 Å². The van der Waals surface area contributed by atoms with Gasteiger partial charge in [0, 0.05) is 12.6 Å². The second kappa shape index (κ2) is 5.26. The van der Waals surface area contributed by atoms with Gasteiger partial charge in [-0.25, -0.2) is 9.59 Å². The van der Waals surface area contributed by atoms with Gasteiger partial charge in [0.2, 0.25) is 0 Å². The smallest absolute Gasteiger partial charge is 0.410 e. The number of carbonyl (C=O) groups is 2. The van der Waals surface area contributed by atoms with Gasteiger partial charge in [-0.2, -0.15) is 0 Å². The summed E-state index contributed by atoms with van der Waals surface area (Å²) in [6.45, 7) is 3.48. The van der Waals surface area contributed by atoms with Crippen molar-refractivity contribution in [1.82, 2.24) is 4.90 Å². The Morgan fingerprint density at radius 3 is 3.07 bits per heavy atom. The number of carbonyl (C=O) groups excluding carboxylic acids is 2. The fourth-order valence-electron chi connectivity index (χ4n) is 1.06. The molecule has 0 N–H and O–H groups in total. The highest BCUT2D eigenvalue weighted by atomic mass is 16.6. The predicted octanol–water partition coefficient (Wildman–Crippen LogP) is 0.558. The van der Waals surface area contributed by atoms with Crippen LogP contribution in [0.4, 0.5) is 4.79 Å². The van der Waals surface area contributed by atoms with Crippen LogP contribution in [0.1, 0.15) is 6.92 Å². The number of rotatable bonds is 4. The molecule has 1 heterocycles. The van der Waals surface area contributed by atoms with Crippen LogP contribution < -0.4 is 0 Å². The van der Waals surface area contributed by atoms with Crippen molar-refractivity contribution in [2.45, 2.75) is 6.92 Å². The van der Waals surface area contributed by atoms with Crippen LogP contribution in [0.3, 0.4) is 0 Å². The molecule has 1 fully saturated rings. The molecule has 0 aromatic heterocycles. The molecule has 0 spiro atoms. The Balaban J connectivity index is 2.25. The predicted molar refractivity (Wildman–Crippen MR) is 48.7 cm³/mol. The number of amides is 1. The summed E-state index contributed by atoms with van der Waals surface area (Å²) in [4.78, 5) is 23.3. The summed E-state index contributed by atoms with van der Waals surface area (Å²) in [7, 11) is 0. The zero-order valence-electron chi connectivity index (χ0n) is 8.06. The highest BCUT2D eigenvalue weighted by Gasteiger charge is 2.19. The minimum atomic E-state index is -0.389. The Bertz CT molecular complexity index is 249. The molecule has 1 saturated heterocycles. The van der Waals surface area contributed by atoms with E-state index in [1.807, 2.05) is 0 Å². The second-order valence-electron chi connectivity index (χ2n) is 2.71. The number of cyclic esters (lactones) is 1. The van der Waals surface area contributed by atoms with Crippen LogP contribution in [0, 0.1) is 0 Å². The molecule has 1 rings (SSSR count). The summed E-state index contributed by atoms with van der Waals surface area (Å²) < 4.78 is 9.38. The van der Waals surface area contributed by atoms with Gasteiger partial charge < -0.3 is 14.4 Å². The summed E-state index contributed by atoms with van der Waals surface area (Å²) in [5.74, 6) is -0.389. The van der Waals surface area contributed by atoms with E-state index in [1.54, 1.807) is 13.0 Å². The zero-order valence-corrected chi connectivity index (χ0v) is 8.06. The lowest BCUT2D eigenvalue weighted by Gasteiger charge is -2.07. The van der Waals surface area contributed by atoms with Gasteiger partial charge in [-0.15, -0.1) is 0 Å². The lowest BCUT2D eigenvalue weighted by atomic mass is 10.4. The molecule has 0 bridgehead atoms. The van der Waals surface area contributed by atoms with Gasteiger partial charge in [0.05, 0.1) is 13.2 Å². The Morgan fingerprint density at radius 1 is 1.71 bits per heavy atom. The molecule has 0 saturated carbocycles. The van der Waals surface area contributed by atoms with Crippen molar-refractivity contribution in [3.63, 3.8) is 0 Å². The SMILES string of the molecule is CCOC(=O)/C=C/CN1CCOC1=O. The lowest BCUT2D eigenvalue weighted by Crippen LogP contribution is -2.24. The van der Waals surface area contributed by atoms with Crippen LogP contribution in [-0.4, -0.2) is 43.3 Å². The average molecular weight is 199 g/mol. The first kappa shape index (κ1) is 10.6. The van der Waals surface area contributed by atoms with Crippen LogP contribution in [0.25, 0.3) is 0 Å². The van der Waals surface area contributed by atoms with Gasteiger partial charge in [0.15, 0.2) is 0 Å². The van der Waals surface area contributed by atoms with Gasteiger partial charge in [0.25, 0.3) is 0 Å². The minimum absolute atomic E-state index is 0.335. The number of hydrogen-bond donors (Lipinski definition) is 0. The molecule has 0 atom stereocenters. The third-order valence-corrected chi connectivity index (χ3v) is 1.71. The molecular weight excluding hydrogens is 186 g/mol. The second-order valence-corrected chi connectivity index (χ2v) is 2.71. The van der Waals surface area contributed by atoms with Crippen molar-refractivity contribution in [1.29, 1.82) is 0 Å². The molecule has 1 amide bonds.